The monoisotopic (exact) mass is 633 g/mol. The van der Waals surface area contributed by atoms with E-state index in [1.165, 1.54) is 6.92 Å². The number of guanidine groups is 1. The summed E-state index contributed by atoms with van der Waals surface area (Å²) in [6.07, 6.45) is 3.22. The number of aliphatic imine (C=N–C) groups is 1. The lowest BCUT2D eigenvalue weighted by atomic mass is 9.92. The molecule has 4 atom stereocenters. The highest BCUT2D eigenvalue weighted by molar-refractivity contribution is 6.30. The Hall–Kier alpha value is -4.58. The molecule has 3 heterocycles. The quantitative estimate of drug-likeness (QED) is 0.141. The molecule has 3 aromatic rings. The second kappa shape index (κ2) is 13.6. The second-order valence-electron chi connectivity index (χ2n) is 11.8. The molecular formula is C32H40ClN9O3. The van der Waals surface area contributed by atoms with E-state index in [2.05, 4.69) is 49.2 Å². The minimum atomic E-state index is -0.431. The number of hydrogen-bond donors (Lipinski definition) is 5. The molecule has 0 radical (unpaired) electrons. The number of carbonyl (C=O) groups is 3. The number of imide groups is 1. The van der Waals surface area contributed by atoms with Gasteiger partial charge in [-0.3, -0.25) is 24.4 Å². The van der Waals surface area contributed by atoms with Crippen LogP contribution >= 0.6 is 11.6 Å². The van der Waals surface area contributed by atoms with Crippen molar-refractivity contribution >= 4 is 63.2 Å². The Morgan fingerprint density at radius 2 is 1.96 bits per heavy atom. The number of piperidine rings is 2. The number of fused-ring (bicyclic) bond motifs is 1. The lowest BCUT2D eigenvalue weighted by molar-refractivity contribution is -0.134. The highest BCUT2D eigenvalue weighted by Gasteiger charge is 2.32. The van der Waals surface area contributed by atoms with Crippen molar-refractivity contribution in [2.45, 2.75) is 58.0 Å². The molecule has 0 bridgehead atoms. The molecule has 5 rings (SSSR count). The van der Waals surface area contributed by atoms with Crippen molar-refractivity contribution < 1.29 is 14.4 Å². The largest absolute Gasteiger partial charge is 0.382 e. The lowest BCUT2D eigenvalue weighted by Gasteiger charge is -2.38. The fourth-order valence-corrected chi connectivity index (χ4v) is 6.00. The minimum absolute atomic E-state index is 0.134. The Kier molecular flexibility index (Phi) is 9.62. The number of benzene rings is 2. The molecule has 2 unspecified atom stereocenters. The van der Waals surface area contributed by atoms with Crippen LogP contribution in [0.2, 0.25) is 0 Å². The third kappa shape index (κ3) is 7.56. The summed E-state index contributed by atoms with van der Waals surface area (Å²) in [5.74, 6) is -0.390. The Bertz CT molecular complexity index is 1670. The van der Waals surface area contributed by atoms with Crippen LogP contribution in [-0.2, 0) is 21.4 Å². The van der Waals surface area contributed by atoms with E-state index in [0.717, 1.165) is 41.8 Å². The van der Waals surface area contributed by atoms with E-state index in [9.17, 15) is 14.4 Å². The van der Waals surface area contributed by atoms with Gasteiger partial charge in [0, 0.05) is 68.2 Å². The molecule has 6 N–H and O–H groups in total. The Morgan fingerprint density at radius 1 is 1.18 bits per heavy atom. The summed E-state index contributed by atoms with van der Waals surface area (Å²) >= 11 is 6.54. The normalized spacial score (nSPS) is 21.8. The average Bonchev–Trinajstić information content (AvgIpc) is 3.31. The van der Waals surface area contributed by atoms with Gasteiger partial charge in [-0.15, -0.1) is 0 Å². The molecule has 12 nitrogen and oxygen atoms in total. The summed E-state index contributed by atoms with van der Waals surface area (Å²) in [5, 5.41) is 18.3. The number of aryl methyl sites for hydroxylation is 1. The van der Waals surface area contributed by atoms with Gasteiger partial charge in [-0.2, -0.15) is 5.10 Å². The van der Waals surface area contributed by atoms with E-state index >= 15 is 0 Å². The van der Waals surface area contributed by atoms with Gasteiger partial charge in [0.15, 0.2) is 5.96 Å². The summed E-state index contributed by atoms with van der Waals surface area (Å²) in [4.78, 5) is 42.0. The number of aromatic nitrogens is 2. The first-order valence-corrected chi connectivity index (χ1v) is 15.5. The van der Waals surface area contributed by atoms with Gasteiger partial charge < -0.3 is 26.6 Å². The van der Waals surface area contributed by atoms with E-state index in [4.69, 9.17) is 17.3 Å². The standard InChI is InChI=1S/C32H40ClN9O3/c1-18-17-42(32(34)35-16-26(33)19(2)36-21-6-5-7-22(14-21)37-20(3)43)13-12-27(18)38-23-8-9-24-28(15-23)41(4)40-30(24)25-10-11-29(44)39-31(25)45/h5-9,14-16,18-19,25,27,36,38H,10-13,17H2,1-4H3,(H2,34,35)(H,37,43)(H,39,44,45)/b26-16+/t18-,19?,25?,27-/m1/s1. The van der Waals surface area contributed by atoms with Crippen LogP contribution in [0.1, 0.15) is 51.6 Å². The van der Waals surface area contributed by atoms with E-state index < -0.39 is 5.92 Å². The van der Waals surface area contributed by atoms with Crippen molar-refractivity contribution in [3.63, 3.8) is 0 Å². The maximum atomic E-state index is 12.5. The van der Waals surface area contributed by atoms with Crippen molar-refractivity contribution in [2.24, 2.45) is 23.7 Å². The highest BCUT2D eigenvalue weighted by atomic mass is 35.5. The summed E-state index contributed by atoms with van der Waals surface area (Å²) in [6.45, 7) is 7.05. The van der Waals surface area contributed by atoms with Gasteiger partial charge in [-0.1, -0.05) is 24.6 Å². The molecular weight excluding hydrogens is 594 g/mol. The van der Waals surface area contributed by atoms with Gasteiger partial charge >= 0.3 is 0 Å². The smallest absolute Gasteiger partial charge is 0.235 e. The van der Waals surface area contributed by atoms with Crippen molar-refractivity contribution in [3.8, 4) is 0 Å². The molecule has 2 aliphatic rings. The third-order valence-corrected chi connectivity index (χ3v) is 8.76. The number of nitrogens with zero attached hydrogens (tertiary/aromatic N) is 4. The third-order valence-electron chi connectivity index (χ3n) is 8.33. The minimum Gasteiger partial charge on any atom is -0.382 e. The first-order chi connectivity index (χ1) is 21.5. The molecule has 2 fully saturated rings. The van der Waals surface area contributed by atoms with Gasteiger partial charge in [0.05, 0.1) is 28.2 Å². The molecule has 0 spiro atoms. The maximum Gasteiger partial charge on any atom is 0.235 e. The van der Waals surface area contributed by atoms with Gasteiger partial charge in [0.2, 0.25) is 17.7 Å². The van der Waals surface area contributed by atoms with Crippen LogP contribution in [0.25, 0.3) is 10.9 Å². The number of carbonyl (C=O) groups excluding carboxylic acids is 3. The summed E-state index contributed by atoms with van der Waals surface area (Å²) in [7, 11) is 1.87. The van der Waals surface area contributed by atoms with Crippen molar-refractivity contribution in [1.29, 1.82) is 0 Å². The first-order valence-electron chi connectivity index (χ1n) is 15.1. The number of anilines is 3. The number of halogens is 1. The molecule has 2 aromatic carbocycles. The van der Waals surface area contributed by atoms with Crippen LogP contribution < -0.4 is 27.0 Å². The molecule has 238 valence electrons. The number of amides is 3. The fraction of sp³-hybridized carbons (Fsp3) is 0.406. The van der Waals surface area contributed by atoms with Gasteiger partial charge in [0.25, 0.3) is 0 Å². The second-order valence-corrected chi connectivity index (χ2v) is 12.3. The topological polar surface area (TPSA) is 159 Å². The maximum absolute atomic E-state index is 12.5. The highest BCUT2D eigenvalue weighted by Crippen LogP contribution is 2.32. The SMILES string of the molecule is CC(=O)Nc1cccc(NC(C)/C(Cl)=C\N=C(N)N2CC[C@@H](Nc3ccc4c(C5CCC(=O)NC5=O)nn(C)c4c3)[C@H](C)C2)c1. The van der Waals surface area contributed by atoms with E-state index in [0.29, 0.717) is 35.2 Å². The van der Waals surface area contributed by atoms with Gasteiger partial charge in [-0.25, -0.2) is 4.99 Å². The Morgan fingerprint density at radius 3 is 2.69 bits per heavy atom. The van der Waals surface area contributed by atoms with Gasteiger partial charge in [0.1, 0.15) is 0 Å². The molecule has 45 heavy (non-hydrogen) atoms. The van der Waals surface area contributed by atoms with Crippen molar-refractivity contribution in [1.82, 2.24) is 20.0 Å². The molecule has 0 aliphatic carbocycles. The summed E-state index contributed by atoms with van der Waals surface area (Å²) < 4.78 is 1.79. The summed E-state index contributed by atoms with van der Waals surface area (Å²) in [5.41, 5.74) is 10.5. The Labute approximate surface area is 267 Å². The zero-order valence-corrected chi connectivity index (χ0v) is 26.7. The van der Waals surface area contributed by atoms with E-state index in [1.807, 2.05) is 50.4 Å². The first kappa shape index (κ1) is 31.8. The average molecular weight is 634 g/mol. The summed E-state index contributed by atoms with van der Waals surface area (Å²) in [6, 6.07) is 13.5. The van der Waals surface area contributed by atoms with Crippen molar-refractivity contribution in [3.05, 3.63) is 59.4 Å². The van der Waals surface area contributed by atoms with Crippen LogP contribution in [-0.4, -0.2) is 63.5 Å². The Balaban J connectivity index is 1.18. The zero-order valence-electron chi connectivity index (χ0n) is 25.9. The number of nitrogens with two attached hydrogens (primary N) is 1. The fourth-order valence-electron chi connectivity index (χ4n) is 5.90. The van der Waals surface area contributed by atoms with Crippen molar-refractivity contribution in [2.75, 3.05) is 29.0 Å². The molecule has 1 aromatic heterocycles. The number of nitrogens with one attached hydrogen (secondary N) is 4. The zero-order chi connectivity index (χ0) is 32.2. The van der Waals surface area contributed by atoms with Gasteiger partial charge in [-0.05, 0) is 62.1 Å². The van der Waals surface area contributed by atoms with E-state index in [1.54, 1.807) is 10.9 Å². The molecule has 2 saturated heterocycles. The predicted octanol–water partition coefficient (Wildman–Crippen LogP) is 4.07. The molecule has 0 saturated carbocycles. The van der Waals surface area contributed by atoms with Crippen LogP contribution in [0, 0.1) is 5.92 Å². The number of hydrogen-bond acceptors (Lipinski definition) is 7. The lowest BCUT2D eigenvalue weighted by Crippen LogP contribution is -2.50. The number of rotatable bonds is 8. The molecule has 2 aliphatic heterocycles. The van der Waals surface area contributed by atoms with Crippen LogP contribution in [0.4, 0.5) is 17.1 Å². The van der Waals surface area contributed by atoms with Crippen LogP contribution in [0.5, 0.6) is 0 Å². The van der Waals surface area contributed by atoms with E-state index in [-0.39, 0.29) is 35.7 Å². The van der Waals surface area contributed by atoms with Crippen LogP contribution in [0.15, 0.2) is 58.7 Å². The predicted molar refractivity (Wildman–Crippen MR) is 178 cm³/mol. The molecule has 3 amide bonds. The molecule has 13 heteroatoms. The van der Waals surface area contributed by atoms with Crippen LogP contribution in [0.3, 0.4) is 0 Å². The number of likely N-dealkylation sites (tertiary alicyclic amines) is 1.